The molecule has 0 spiro atoms. The molecule has 0 aromatic heterocycles. The van der Waals surface area contributed by atoms with Gasteiger partial charge in [-0.3, -0.25) is 4.79 Å². The molecule has 82 valence electrons. The Morgan fingerprint density at radius 1 is 1.33 bits per heavy atom. The average molecular weight is 226 g/mol. The Morgan fingerprint density at radius 3 is 2.33 bits per heavy atom. The van der Waals surface area contributed by atoms with E-state index in [0.29, 0.717) is 10.6 Å². The van der Waals surface area contributed by atoms with Crippen LogP contribution in [-0.2, 0) is 0 Å². The van der Waals surface area contributed by atoms with Crippen LogP contribution in [0.4, 0.5) is 5.69 Å². The van der Waals surface area contributed by atoms with Crippen LogP contribution in [0, 0.1) is 0 Å². The van der Waals surface area contributed by atoms with Crippen molar-refractivity contribution < 1.29 is 4.79 Å². The summed E-state index contributed by atoms with van der Waals surface area (Å²) in [6, 6.07) is 5.58. The molecule has 1 rings (SSSR count). The molecule has 0 bridgehead atoms. The van der Waals surface area contributed by atoms with Crippen LogP contribution in [0.3, 0.4) is 0 Å². The van der Waals surface area contributed by atoms with Gasteiger partial charge in [-0.2, -0.15) is 0 Å². The zero-order chi connectivity index (χ0) is 11.4. The monoisotopic (exact) mass is 225 g/mol. The van der Waals surface area contributed by atoms with Crippen LogP contribution in [-0.4, -0.2) is 18.9 Å². The van der Waals surface area contributed by atoms with Crippen LogP contribution < -0.4 is 4.90 Å². The van der Waals surface area contributed by atoms with Gasteiger partial charge in [0.25, 0.3) is 0 Å². The highest BCUT2D eigenvalue weighted by atomic mass is 35.5. The number of anilines is 1. The van der Waals surface area contributed by atoms with E-state index in [0.717, 1.165) is 18.8 Å². The maximum atomic E-state index is 11.2. The van der Waals surface area contributed by atoms with E-state index in [2.05, 4.69) is 18.7 Å². The average Bonchev–Trinajstić information content (AvgIpc) is 2.19. The molecule has 0 fully saturated rings. The summed E-state index contributed by atoms with van der Waals surface area (Å²) in [5.74, 6) is 0.00565. The summed E-state index contributed by atoms with van der Waals surface area (Å²) >= 11 is 6.03. The lowest BCUT2D eigenvalue weighted by Crippen LogP contribution is -2.21. The summed E-state index contributed by atoms with van der Waals surface area (Å²) in [4.78, 5) is 13.4. The Kier molecular flexibility index (Phi) is 4.15. The van der Waals surface area contributed by atoms with Crippen molar-refractivity contribution in [2.24, 2.45) is 0 Å². The van der Waals surface area contributed by atoms with Crippen molar-refractivity contribution in [1.82, 2.24) is 0 Å². The summed E-state index contributed by atoms with van der Waals surface area (Å²) in [6.07, 6.45) is 0. The van der Waals surface area contributed by atoms with E-state index in [1.165, 1.54) is 6.92 Å². The lowest BCUT2D eigenvalue weighted by Gasteiger charge is -2.21. The Hall–Kier alpha value is -1.02. The zero-order valence-corrected chi connectivity index (χ0v) is 10.1. The lowest BCUT2D eigenvalue weighted by atomic mass is 10.1. The molecule has 15 heavy (non-hydrogen) atoms. The number of hydrogen-bond acceptors (Lipinski definition) is 2. The van der Waals surface area contributed by atoms with Crippen LogP contribution in [0.5, 0.6) is 0 Å². The number of ketones is 1. The number of hydrogen-bond donors (Lipinski definition) is 0. The van der Waals surface area contributed by atoms with Crippen molar-refractivity contribution >= 4 is 23.1 Å². The third kappa shape index (κ3) is 2.72. The topological polar surface area (TPSA) is 20.3 Å². The molecule has 1 aromatic rings. The minimum atomic E-state index is 0.00565. The summed E-state index contributed by atoms with van der Waals surface area (Å²) in [6.45, 7) is 7.59. The van der Waals surface area contributed by atoms with Gasteiger partial charge in [0, 0.05) is 24.3 Å². The Labute approximate surface area is 95.8 Å². The molecule has 0 aliphatic heterocycles. The van der Waals surface area contributed by atoms with Crippen LogP contribution >= 0.6 is 11.6 Å². The summed E-state index contributed by atoms with van der Waals surface area (Å²) in [5.41, 5.74) is 1.66. The minimum absolute atomic E-state index is 0.00565. The van der Waals surface area contributed by atoms with Crippen molar-refractivity contribution in [3.63, 3.8) is 0 Å². The zero-order valence-electron chi connectivity index (χ0n) is 9.38. The van der Waals surface area contributed by atoms with Crippen LogP contribution in [0.15, 0.2) is 18.2 Å². The van der Waals surface area contributed by atoms with Crippen molar-refractivity contribution in [3.05, 3.63) is 28.8 Å². The van der Waals surface area contributed by atoms with Crippen LogP contribution in [0.25, 0.3) is 0 Å². The van der Waals surface area contributed by atoms with Gasteiger partial charge >= 0.3 is 0 Å². The first kappa shape index (κ1) is 12.1. The van der Waals surface area contributed by atoms with Crippen molar-refractivity contribution in [2.45, 2.75) is 20.8 Å². The quantitative estimate of drug-likeness (QED) is 0.733. The second-order valence-corrected chi connectivity index (χ2v) is 3.80. The highest BCUT2D eigenvalue weighted by Gasteiger charge is 2.08. The predicted molar refractivity (Wildman–Crippen MR) is 65.0 cm³/mol. The number of rotatable bonds is 4. The molecule has 0 radical (unpaired) electrons. The standard InChI is InChI=1S/C12H16ClNO/c1-4-14(5-2)10-6-7-11(9(3)15)12(13)8-10/h6-8H,4-5H2,1-3H3. The maximum absolute atomic E-state index is 11.2. The van der Waals surface area contributed by atoms with E-state index >= 15 is 0 Å². The van der Waals surface area contributed by atoms with Gasteiger partial charge < -0.3 is 4.90 Å². The lowest BCUT2D eigenvalue weighted by molar-refractivity contribution is 0.101. The van der Waals surface area contributed by atoms with Crippen molar-refractivity contribution in [3.8, 4) is 0 Å². The first-order valence-electron chi connectivity index (χ1n) is 5.15. The van der Waals surface area contributed by atoms with E-state index in [9.17, 15) is 4.79 Å². The molecular weight excluding hydrogens is 210 g/mol. The van der Waals surface area contributed by atoms with E-state index in [1.807, 2.05) is 12.1 Å². The van der Waals surface area contributed by atoms with Gasteiger partial charge in [-0.15, -0.1) is 0 Å². The van der Waals surface area contributed by atoms with Gasteiger partial charge in [0.2, 0.25) is 0 Å². The molecule has 0 unspecified atom stereocenters. The number of benzene rings is 1. The molecule has 0 amide bonds. The molecule has 0 heterocycles. The van der Waals surface area contributed by atoms with Gasteiger partial charge in [-0.1, -0.05) is 11.6 Å². The number of carbonyl (C=O) groups excluding carboxylic acids is 1. The third-order valence-corrected chi connectivity index (χ3v) is 2.77. The highest BCUT2D eigenvalue weighted by molar-refractivity contribution is 6.34. The van der Waals surface area contributed by atoms with Gasteiger partial charge in [-0.25, -0.2) is 0 Å². The fourth-order valence-corrected chi connectivity index (χ4v) is 1.88. The number of Topliss-reactive ketones (excluding diaryl/α,β-unsaturated/α-hetero) is 1. The van der Waals surface area contributed by atoms with E-state index in [1.54, 1.807) is 6.07 Å². The summed E-state index contributed by atoms with van der Waals surface area (Å²) < 4.78 is 0. The Bertz CT molecular complexity index is 359. The number of halogens is 1. The third-order valence-electron chi connectivity index (χ3n) is 2.46. The first-order valence-corrected chi connectivity index (χ1v) is 5.53. The Morgan fingerprint density at radius 2 is 1.93 bits per heavy atom. The van der Waals surface area contributed by atoms with Gasteiger partial charge in [-0.05, 0) is 39.0 Å². The van der Waals surface area contributed by atoms with Crippen molar-refractivity contribution in [1.29, 1.82) is 0 Å². The van der Waals surface area contributed by atoms with Gasteiger partial charge in [0.05, 0.1) is 5.02 Å². The number of nitrogens with zero attached hydrogens (tertiary/aromatic N) is 1. The molecule has 0 saturated carbocycles. The molecule has 0 aliphatic carbocycles. The smallest absolute Gasteiger partial charge is 0.161 e. The summed E-state index contributed by atoms with van der Waals surface area (Å²) in [5, 5.41) is 0.534. The molecule has 0 saturated heterocycles. The minimum Gasteiger partial charge on any atom is -0.372 e. The normalized spacial score (nSPS) is 10.1. The van der Waals surface area contributed by atoms with Gasteiger partial charge in [0.1, 0.15) is 0 Å². The SMILES string of the molecule is CCN(CC)c1ccc(C(C)=O)c(Cl)c1. The van der Waals surface area contributed by atoms with E-state index in [-0.39, 0.29) is 5.78 Å². The molecular formula is C12H16ClNO. The molecule has 0 N–H and O–H groups in total. The maximum Gasteiger partial charge on any atom is 0.161 e. The van der Waals surface area contributed by atoms with Gasteiger partial charge in [0.15, 0.2) is 5.78 Å². The highest BCUT2D eigenvalue weighted by Crippen LogP contribution is 2.23. The molecule has 0 atom stereocenters. The van der Waals surface area contributed by atoms with Crippen LogP contribution in [0.1, 0.15) is 31.1 Å². The van der Waals surface area contributed by atoms with Crippen LogP contribution in [0.2, 0.25) is 5.02 Å². The number of carbonyl (C=O) groups is 1. The second-order valence-electron chi connectivity index (χ2n) is 3.39. The van der Waals surface area contributed by atoms with E-state index < -0.39 is 0 Å². The molecule has 3 heteroatoms. The fraction of sp³-hybridized carbons (Fsp3) is 0.417. The largest absolute Gasteiger partial charge is 0.372 e. The van der Waals surface area contributed by atoms with Crippen molar-refractivity contribution in [2.75, 3.05) is 18.0 Å². The summed E-state index contributed by atoms with van der Waals surface area (Å²) in [7, 11) is 0. The Balaban J connectivity index is 3.05. The molecule has 1 aromatic carbocycles. The second kappa shape index (κ2) is 5.17. The predicted octanol–water partition coefficient (Wildman–Crippen LogP) is 3.39. The molecule has 0 aliphatic rings. The van der Waals surface area contributed by atoms with E-state index in [4.69, 9.17) is 11.6 Å². The first-order chi connectivity index (χ1) is 7.10. The molecule has 2 nitrogen and oxygen atoms in total. The fourth-order valence-electron chi connectivity index (χ4n) is 1.57.